The Morgan fingerprint density at radius 3 is 2.55 bits per heavy atom. The number of ether oxygens (including phenoxy) is 1. The van der Waals surface area contributed by atoms with Gasteiger partial charge >= 0.3 is 6.09 Å². The predicted molar refractivity (Wildman–Crippen MR) is 129 cm³/mol. The van der Waals surface area contributed by atoms with Crippen LogP contribution in [0.15, 0.2) is 28.8 Å². The first-order valence-corrected chi connectivity index (χ1v) is 12.4. The van der Waals surface area contributed by atoms with E-state index in [2.05, 4.69) is 10.5 Å². The number of amides is 1. The smallest absolute Gasteiger partial charge is 0.407 e. The second-order valence-corrected chi connectivity index (χ2v) is 10.9. The van der Waals surface area contributed by atoms with E-state index in [0.29, 0.717) is 54.4 Å². The standard InChI is InChI=1S/C23H32ClN3O5S/c1-15-20(16(2)32-26-15)27(33(29)30)19-9-11-23(12-10-19,17-7-6-8-18(24)13-17)14-25-21(28)31-22(3,4)5/h6-8,13,19H,9-12,14H2,1-5H3,(H,25,28)(H,29,30). The van der Waals surface area contributed by atoms with Gasteiger partial charge in [0.1, 0.15) is 17.0 Å². The van der Waals surface area contributed by atoms with Crippen LogP contribution in [0.5, 0.6) is 0 Å². The van der Waals surface area contributed by atoms with E-state index in [1.165, 1.54) is 4.31 Å². The van der Waals surface area contributed by atoms with E-state index in [-0.39, 0.29) is 11.5 Å². The summed E-state index contributed by atoms with van der Waals surface area (Å²) >= 11 is 4.06. The molecule has 2 aromatic rings. The molecule has 1 saturated carbocycles. The zero-order valence-electron chi connectivity index (χ0n) is 19.7. The molecule has 1 heterocycles. The van der Waals surface area contributed by atoms with Crippen LogP contribution in [-0.4, -0.2) is 38.2 Å². The third-order valence-electron chi connectivity index (χ3n) is 6.04. The molecule has 0 spiro atoms. The maximum atomic E-state index is 12.4. The highest BCUT2D eigenvalue weighted by atomic mass is 35.5. The molecule has 33 heavy (non-hydrogen) atoms. The van der Waals surface area contributed by atoms with Crippen LogP contribution in [0.2, 0.25) is 5.02 Å². The number of nitrogens with zero attached hydrogens (tertiary/aromatic N) is 2. The number of alkyl carbamates (subject to hydrolysis) is 1. The maximum Gasteiger partial charge on any atom is 0.407 e. The first-order valence-electron chi connectivity index (χ1n) is 11.0. The number of aromatic nitrogens is 1. The van der Waals surface area contributed by atoms with E-state index >= 15 is 0 Å². The van der Waals surface area contributed by atoms with Crippen molar-refractivity contribution in [3.63, 3.8) is 0 Å². The molecular weight excluding hydrogens is 466 g/mol. The Morgan fingerprint density at radius 1 is 1.36 bits per heavy atom. The number of carbonyl (C=O) groups excluding carboxylic acids is 1. The molecule has 0 radical (unpaired) electrons. The molecular formula is C23H32ClN3O5S. The topological polar surface area (TPSA) is 105 Å². The van der Waals surface area contributed by atoms with Crippen LogP contribution < -0.4 is 9.62 Å². The van der Waals surface area contributed by atoms with Crippen molar-refractivity contribution in [1.82, 2.24) is 10.5 Å². The number of rotatable bonds is 6. The summed E-state index contributed by atoms with van der Waals surface area (Å²) in [5.74, 6) is 0.508. The average Bonchev–Trinajstić information content (AvgIpc) is 3.05. The van der Waals surface area contributed by atoms with Crippen molar-refractivity contribution in [2.24, 2.45) is 0 Å². The quantitative estimate of drug-likeness (QED) is 0.525. The van der Waals surface area contributed by atoms with E-state index in [1.54, 1.807) is 13.8 Å². The van der Waals surface area contributed by atoms with Crippen molar-refractivity contribution in [2.45, 2.75) is 77.4 Å². The van der Waals surface area contributed by atoms with E-state index in [4.69, 9.17) is 20.9 Å². The van der Waals surface area contributed by atoms with Gasteiger partial charge in [0.2, 0.25) is 0 Å². The summed E-state index contributed by atoms with van der Waals surface area (Å²) in [4.78, 5) is 12.4. The second-order valence-electron chi connectivity index (χ2n) is 9.61. The van der Waals surface area contributed by atoms with Crippen molar-refractivity contribution >= 4 is 34.6 Å². The molecule has 1 aromatic heterocycles. The largest absolute Gasteiger partial charge is 0.444 e. The van der Waals surface area contributed by atoms with Crippen molar-refractivity contribution in [1.29, 1.82) is 0 Å². The fraction of sp³-hybridized carbons (Fsp3) is 0.565. The van der Waals surface area contributed by atoms with Crippen molar-refractivity contribution < 1.29 is 22.8 Å². The molecule has 1 unspecified atom stereocenters. The van der Waals surface area contributed by atoms with Crippen LogP contribution in [0.3, 0.4) is 0 Å². The lowest BCUT2D eigenvalue weighted by molar-refractivity contribution is 0.0507. The molecule has 1 aliphatic carbocycles. The number of hydrogen-bond donors (Lipinski definition) is 2. The van der Waals surface area contributed by atoms with Gasteiger partial charge in [-0.15, -0.1) is 0 Å². The van der Waals surface area contributed by atoms with Crippen LogP contribution >= 0.6 is 11.6 Å². The Hall–Kier alpha value is -2.10. The summed E-state index contributed by atoms with van der Waals surface area (Å²) in [7, 11) is 0. The van der Waals surface area contributed by atoms with E-state index in [1.807, 2.05) is 45.0 Å². The van der Waals surface area contributed by atoms with E-state index in [0.717, 1.165) is 5.56 Å². The molecule has 8 nitrogen and oxygen atoms in total. The number of nitrogens with one attached hydrogen (secondary N) is 1. The Kier molecular flexibility index (Phi) is 7.76. The SMILES string of the molecule is Cc1noc(C)c1N(C1CCC(CNC(=O)OC(C)(C)C)(c2cccc(Cl)c2)CC1)S(=O)O. The van der Waals surface area contributed by atoms with Crippen LogP contribution in [-0.2, 0) is 21.4 Å². The molecule has 1 fully saturated rings. The molecule has 10 heteroatoms. The van der Waals surface area contributed by atoms with Gasteiger partial charge in [0.05, 0.1) is 0 Å². The molecule has 1 aliphatic rings. The Morgan fingerprint density at radius 2 is 2.03 bits per heavy atom. The summed E-state index contributed by atoms with van der Waals surface area (Å²) in [5, 5.41) is 7.49. The fourth-order valence-electron chi connectivity index (χ4n) is 4.51. The Bertz CT molecular complexity index is 992. The van der Waals surface area contributed by atoms with Crippen LogP contribution in [0.4, 0.5) is 10.5 Å². The van der Waals surface area contributed by atoms with Crippen LogP contribution in [0, 0.1) is 13.8 Å². The van der Waals surface area contributed by atoms with Gasteiger partial charge in [0, 0.05) is 23.0 Å². The minimum Gasteiger partial charge on any atom is -0.444 e. The van der Waals surface area contributed by atoms with Gasteiger partial charge in [-0.05, 0) is 78.0 Å². The molecule has 2 N–H and O–H groups in total. The van der Waals surface area contributed by atoms with Gasteiger partial charge in [-0.2, -0.15) is 0 Å². The number of halogens is 1. The molecule has 0 aliphatic heterocycles. The van der Waals surface area contributed by atoms with Crippen molar-refractivity contribution in [3.8, 4) is 0 Å². The maximum absolute atomic E-state index is 12.4. The highest BCUT2D eigenvalue weighted by molar-refractivity contribution is 7.80. The lowest BCUT2D eigenvalue weighted by Crippen LogP contribution is -2.48. The van der Waals surface area contributed by atoms with Gasteiger partial charge in [-0.1, -0.05) is 28.9 Å². The number of carbonyl (C=O) groups is 1. The van der Waals surface area contributed by atoms with Gasteiger partial charge in [0.25, 0.3) is 11.3 Å². The minimum absolute atomic E-state index is 0.179. The number of hydrogen-bond acceptors (Lipinski definition) is 5. The highest BCUT2D eigenvalue weighted by Crippen LogP contribution is 2.43. The zero-order valence-corrected chi connectivity index (χ0v) is 21.3. The molecule has 182 valence electrons. The Labute approximate surface area is 202 Å². The summed E-state index contributed by atoms with van der Waals surface area (Å²) in [6, 6.07) is 7.48. The number of aryl methyl sites for hydroxylation is 2. The molecule has 1 aromatic carbocycles. The normalized spacial score (nSPS) is 22.0. The first-order chi connectivity index (χ1) is 15.4. The summed E-state index contributed by atoms with van der Waals surface area (Å²) in [6.45, 7) is 9.34. The highest BCUT2D eigenvalue weighted by Gasteiger charge is 2.41. The lowest BCUT2D eigenvalue weighted by atomic mass is 9.68. The molecule has 0 bridgehead atoms. The van der Waals surface area contributed by atoms with Gasteiger partial charge in [-0.3, -0.25) is 8.86 Å². The molecule has 0 saturated heterocycles. The molecule has 1 atom stereocenters. The van der Waals surface area contributed by atoms with E-state index < -0.39 is 23.0 Å². The second kappa shape index (κ2) is 10.0. The third kappa shape index (κ3) is 6.07. The monoisotopic (exact) mass is 497 g/mol. The predicted octanol–water partition coefficient (Wildman–Crippen LogP) is 5.29. The van der Waals surface area contributed by atoms with Crippen molar-refractivity contribution in [2.75, 3.05) is 10.8 Å². The number of anilines is 1. The van der Waals surface area contributed by atoms with Crippen LogP contribution in [0.25, 0.3) is 0 Å². The van der Waals surface area contributed by atoms with Crippen molar-refractivity contribution in [3.05, 3.63) is 46.3 Å². The van der Waals surface area contributed by atoms with Gasteiger partial charge in [-0.25, -0.2) is 9.00 Å². The fourth-order valence-corrected chi connectivity index (χ4v) is 5.59. The Balaban J connectivity index is 1.84. The van der Waals surface area contributed by atoms with Gasteiger partial charge in [0.15, 0.2) is 5.76 Å². The van der Waals surface area contributed by atoms with E-state index in [9.17, 15) is 13.6 Å². The van der Waals surface area contributed by atoms with Gasteiger partial charge < -0.3 is 14.6 Å². The third-order valence-corrected chi connectivity index (χ3v) is 7.09. The summed E-state index contributed by atoms with van der Waals surface area (Å²) in [6.07, 6.45) is 2.17. The molecule has 3 rings (SSSR count). The summed E-state index contributed by atoms with van der Waals surface area (Å²) < 4.78 is 34.5. The zero-order chi connectivity index (χ0) is 24.4. The summed E-state index contributed by atoms with van der Waals surface area (Å²) in [5.41, 5.74) is 1.19. The first kappa shape index (κ1) is 25.5. The van der Waals surface area contributed by atoms with Crippen LogP contribution in [0.1, 0.15) is 63.5 Å². The average molecular weight is 498 g/mol. The number of benzene rings is 1. The minimum atomic E-state index is -2.22. The lowest BCUT2D eigenvalue weighted by Gasteiger charge is -2.43. The molecule has 1 amide bonds.